The van der Waals surface area contributed by atoms with Crippen LogP contribution in [0.3, 0.4) is 0 Å². The van der Waals surface area contributed by atoms with Gasteiger partial charge in [-0.25, -0.2) is 0 Å². The highest BCUT2D eigenvalue weighted by atomic mass is 14.9. The van der Waals surface area contributed by atoms with E-state index in [9.17, 15) is 0 Å². The molecule has 0 radical (unpaired) electrons. The zero-order chi connectivity index (χ0) is 13.1. The highest BCUT2D eigenvalue weighted by molar-refractivity contribution is 5.67. The van der Waals surface area contributed by atoms with Crippen LogP contribution in [0.1, 0.15) is 36.0 Å². The zero-order valence-corrected chi connectivity index (χ0v) is 11.6. The number of allylic oxidation sites excluding steroid dienone is 1. The Hall–Kier alpha value is -1.41. The fourth-order valence-electron chi connectivity index (χ4n) is 2.73. The first-order valence-electron chi connectivity index (χ1n) is 7.33. The minimum atomic E-state index is 0.477. The van der Waals surface area contributed by atoms with E-state index in [4.69, 9.17) is 0 Å². The molecule has 2 aliphatic rings. The fraction of sp³-hybridized carbons (Fsp3) is 0.471. The molecule has 0 spiro atoms. The summed E-state index contributed by atoms with van der Waals surface area (Å²) < 4.78 is 0. The van der Waals surface area contributed by atoms with Gasteiger partial charge in [0, 0.05) is 30.9 Å². The smallest absolute Gasteiger partial charge is 0.0230 e. The van der Waals surface area contributed by atoms with Crippen molar-refractivity contribution in [3.8, 4) is 0 Å². The van der Waals surface area contributed by atoms with Crippen LogP contribution in [0.4, 0.5) is 0 Å². The molecule has 1 saturated carbocycles. The molecule has 1 N–H and O–H groups in total. The van der Waals surface area contributed by atoms with Gasteiger partial charge in [-0.3, -0.25) is 4.99 Å². The molecular formula is C17H22N2. The van der Waals surface area contributed by atoms with Crippen LogP contribution in [-0.4, -0.2) is 12.3 Å². The first-order chi connectivity index (χ1) is 9.31. The van der Waals surface area contributed by atoms with Crippen molar-refractivity contribution >= 4 is 6.21 Å². The molecule has 1 aromatic carbocycles. The van der Waals surface area contributed by atoms with Gasteiger partial charge < -0.3 is 5.32 Å². The SMILES string of the molecule is Cc1ccc(CC2C=CN=C2)c(CNC2CCC2)c1. The number of benzene rings is 1. The summed E-state index contributed by atoms with van der Waals surface area (Å²) in [6.07, 6.45) is 11.3. The zero-order valence-electron chi connectivity index (χ0n) is 11.6. The Labute approximate surface area is 115 Å². The maximum atomic E-state index is 4.18. The monoisotopic (exact) mass is 254 g/mol. The van der Waals surface area contributed by atoms with Crippen molar-refractivity contribution in [1.29, 1.82) is 0 Å². The average molecular weight is 254 g/mol. The molecule has 1 unspecified atom stereocenters. The number of nitrogens with one attached hydrogen (secondary N) is 1. The molecule has 1 aromatic rings. The lowest BCUT2D eigenvalue weighted by Gasteiger charge is -2.27. The fourth-order valence-corrected chi connectivity index (χ4v) is 2.73. The maximum Gasteiger partial charge on any atom is 0.0230 e. The predicted molar refractivity (Wildman–Crippen MR) is 80.5 cm³/mol. The Morgan fingerprint density at radius 1 is 1.26 bits per heavy atom. The van der Waals surface area contributed by atoms with Gasteiger partial charge in [-0.1, -0.05) is 36.3 Å². The minimum absolute atomic E-state index is 0.477. The largest absolute Gasteiger partial charge is 0.310 e. The van der Waals surface area contributed by atoms with Crippen LogP contribution >= 0.6 is 0 Å². The van der Waals surface area contributed by atoms with Gasteiger partial charge in [0.2, 0.25) is 0 Å². The first-order valence-corrected chi connectivity index (χ1v) is 7.33. The topological polar surface area (TPSA) is 24.4 Å². The second-order valence-electron chi connectivity index (χ2n) is 5.79. The molecule has 2 nitrogen and oxygen atoms in total. The Balaban J connectivity index is 1.69. The second-order valence-corrected chi connectivity index (χ2v) is 5.79. The molecule has 0 bridgehead atoms. The summed E-state index contributed by atoms with van der Waals surface area (Å²) in [6, 6.07) is 7.59. The number of hydrogen-bond donors (Lipinski definition) is 1. The van der Waals surface area contributed by atoms with E-state index in [2.05, 4.69) is 41.5 Å². The van der Waals surface area contributed by atoms with Gasteiger partial charge in [0.05, 0.1) is 0 Å². The van der Waals surface area contributed by atoms with E-state index in [1.165, 1.54) is 36.0 Å². The molecule has 0 aromatic heterocycles. The quantitative estimate of drug-likeness (QED) is 0.855. The average Bonchev–Trinajstić information content (AvgIpc) is 2.83. The summed E-state index contributed by atoms with van der Waals surface area (Å²) in [4.78, 5) is 4.18. The summed E-state index contributed by atoms with van der Waals surface area (Å²) >= 11 is 0. The van der Waals surface area contributed by atoms with E-state index in [1.807, 2.05) is 12.4 Å². The molecule has 1 aliphatic heterocycles. The van der Waals surface area contributed by atoms with Crippen LogP contribution in [0, 0.1) is 12.8 Å². The maximum absolute atomic E-state index is 4.18. The Kier molecular flexibility index (Phi) is 3.79. The molecule has 0 saturated heterocycles. The number of hydrogen-bond acceptors (Lipinski definition) is 2. The Bertz CT molecular complexity index is 486. The summed E-state index contributed by atoms with van der Waals surface area (Å²) in [5.74, 6) is 0.477. The third-order valence-corrected chi connectivity index (χ3v) is 4.20. The van der Waals surface area contributed by atoms with Gasteiger partial charge in [-0.2, -0.15) is 0 Å². The van der Waals surface area contributed by atoms with Crippen molar-refractivity contribution in [2.24, 2.45) is 10.9 Å². The van der Waals surface area contributed by atoms with Crippen LogP contribution in [0.2, 0.25) is 0 Å². The van der Waals surface area contributed by atoms with Crippen LogP contribution in [0.25, 0.3) is 0 Å². The van der Waals surface area contributed by atoms with Crippen molar-refractivity contribution in [2.45, 2.75) is 45.2 Å². The van der Waals surface area contributed by atoms with E-state index in [-0.39, 0.29) is 0 Å². The van der Waals surface area contributed by atoms with Crippen LogP contribution in [-0.2, 0) is 13.0 Å². The van der Waals surface area contributed by atoms with E-state index in [0.717, 1.165) is 19.0 Å². The summed E-state index contributed by atoms with van der Waals surface area (Å²) in [6.45, 7) is 3.18. The normalized spacial score (nSPS) is 21.8. The third kappa shape index (κ3) is 3.13. The standard InChI is InChI=1S/C17H22N2/c1-13-5-6-15(10-14-7-8-18-11-14)16(9-13)12-19-17-3-2-4-17/h5-9,11,14,17,19H,2-4,10,12H2,1H3. The van der Waals surface area contributed by atoms with Gasteiger partial charge >= 0.3 is 0 Å². The highest BCUT2D eigenvalue weighted by Crippen LogP contribution is 2.21. The molecule has 19 heavy (non-hydrogen) atoms. The predicted octanol–water partition coefficient (Wildman–Crippen LogP) is 3.39. The molecule has 3 rings (SSSR count). The highest BCUT2D eigenvalue weighted by Gasteiger charge is 2.17. The van der Waals surface area contributed by atoms with E-state index in [1.54, 1.807) is 0 Å². The number of rotatable bonds is 5. The Morgan fingerprint density at radius 2 is 2.16 bits per heavy atom. The Morgan fingerprint density at radius 3 is 2.84 bits per heavy atom. The minimum Gasteiger partial charge on any atom is -0.310 e. The molecule has 0 amide bonds. The number of nitrogens with zero attached hydrogens (tertiary/aromatic N) is 1. The van der Waals surface area contributed by atoms with Crippen LogP contribution in [0.15, 0.2) is 35.5 Å². The summed E-state index contributed by atoms with van der Waals surface area (Å²) in [5.41, 5.74) is 4.27. The van der Waals surface area contributed by atoms with Crippen molar-refractivity contribution in [3.63, 3.8) is 0 Å². The molecule has 1 fully saturated rings. The lowest BCUT2D eigenvalue weighted by atomic mass is 9.91. The summed E-state index contributed by atoms with van der Waals surface area (Å²) in [7, 11) is 0. The van der Waals surface area contributed by atoms with Gasteiger partial charge in [-0.05, 0) is 37.3 Å². The van der Waals surface area contributed by atoms with Crippen molar-refractivity contribution in [2.75, 3.05) is 0 Å². The van der Waals surface area contributed by atoms with Crippen LogP contribution < -0.4 is 5.32 Å². The van der Waals surface area contributed by atoms with Crippen molar-refractivity contribution < 1.29 is 0 Å². The number of aryl methyl sites for hydroxylation is 1. The number of aliphatic imine (C=N–C) groups is 1. The molecule has 2 heteroatoms. The lowest BCUT2D eigenvalue weighted by Crippen LogP contribution is -2.34. The van der Waals surface area contributed by atoms with Gasteiger partial charge in [-0.15, -0.1) is 0 Å². The third-order valence-electron chi connectivity index (χ3n) is 4.20. The van der Waals surface area contributed by atoms with Gasteiger partial charge in [0.15, 0.2) is 0 Å². The molecule has 1 atom stereocenters. The van der Waals surface area contributed by atoms with E-state index in [0.29, 0.717) is 5.92 Å². The second kappa shape index (κ2) is 5.70. The molecule has 1 heterocycles. The van der Waals surface area contributed by atoms with Crippen molar-refractivity contribution in [1.82, 2.24) is 5.32 Å². The lowest BCUT2D eigenvalue weighted by molar-refractivity contribution is 0.338. The van der Waals surface area contributed by atoms with E-state index >= 15 is 0 Å². The molecule has 100 valence electrons. The van der Waals surface area contributed by atoms with E-state index < -0.39 is 0 Å². The van der Waals surface area contributed by atoms with Crippen LogP contribution in [0.5, 0.6) is 0 Å². The summed E-state index contributed by atoms with van der Waals surface area (Å²) in [5, 5.41) is 3.68. The van der Waals surface area contributed by atoms with Gasteiger partial charge in [0.25, 0.3) is 0 Å². The van der Waals surface area contributed by atoms with Crippen molar-refractivity contribution in [3.05, 3.63) is 47.2 Å². The first kappa shape index (κ1) is 12.6. The van der Waals surface area contributed by atoms with Gasteiger partial charge in [0.1, 0.15) is 0 Å². The molecular weight excluding hydrogens is 232 g/mol. The molecule has 1 aliphatic carbocycles.